The minimum absolute atomic E-state index is 0.202. The molecule has 0 aromatic carbocycles. The molecule has 0 aliphatic heterocycles. The number of pyridine rings is 1. The molecule has 1 atom stereocenters. The van der Waals surface area contributed by atoms with Crippen LogP contribution in [0.25, 0.3) is 5.65 Å². The minimum atomic E-state index is -0.202. The quantitative estimate of drug-likeness (QED) is 0.761. The molecule has 5 heteroatoms. The molecule has 0 aliphatic carbocycles. The van der Waals surface area contributed by atoms with Crippen LogP contribution in [0.1, 0.15) is 23.4 Å². The van der Waals surface area contributed by atoms with Gasteiger partial charge in [-0.3, -0.25) is 0 Å². The Morgan fingerprint density at radius 1 is 1.33 bits per heavy atom. The summed E-state index contributed by atoms with van der Waals surface area (Å²) in [6, 6.07) is 5.70. The van der Waals surface area contributed by atoms with E-state index in [1.54, 1.807) is 6.20 Å². The predicted molar refractivity (Wildman–Crippen MR) is 67.1 cm³/mol. The lowest BCUT2D eigenvalue weighted by atomic mass is 10.1. The fraction of sp³-hybridized carbons (Fsp3) is 0.231. The SMILES string of the molecule is Cc1ncc(C(N)Cc2cnc3ccccn23)o1. The molecule has 0 spiro atoms. The summed E-state index contributed by atoms with van der Waals surface area (Å²) in [6.45, 7) is 1.81. The highest BCUT2D eigenvalue weighted by Crippen LogP contribution is 2.17. The molecule has 0 aliphatic rings. The van der Waals surface area contributed by atoms with Gasteiger partial charge in [-0.2, -0.15) is 0 Å². The van der Waals surface area contributed by atoms with Gasteiger partial charge in [0.1, 0.15) is 11.4 Å². The Morgan fingerprint density at radius 3 is 3.00 bits per heavy atom. The van der Waals surface area contributed by atoms with Crippen molar-refractivity contribution in [2.24, 2.45) is 5.73 Å². The summed E-state index contributed by atoms with van der Waals surface area (Å²) >= 11 is 0. The Kier molecular flexibility index (Phi) is 2.60. The zero-order valence-electron chi connectivity index (χ0n) is 10.1. The van der Waals surface area contributed by atoms with Crippen molar-refractivity contribution in [2.45, 2.75) is 19.4 Å². The summed E-state index contributed by atoms with van der Waals surface area (Å²) in [5.41, 5.74) is 8.10. The van der Waals surface area contributed by atoms with Crippen LogP contribution >= 0.6 is 0 Å². The molecule has 18 heavy (non-hydrogen) atoms. The first-order valence-corrected chi connectivity index (χ1v) is 5.83. The second kappa shape index (κ2) is 4.27. The van der Waals surface area contributed by atoms with Gasteiger partial charge in [0.2, 0.25) is 0 Å². The lowest BCUT2D eigenvalue weighted by molar-refractivity contribution is 0.437. The summed E-state index contributed by atoms with van der Waals surface area (Å²) < 4.78 is 7.47. The van der Waals surface area contributed by atoms with Crippen molar-refractivity contribution >= 4 is 5.65 Å². The average molecular weight is 242 g/mol. The minimum Gasteiger partial charge on any atom is -0.444 e. The molecule has 1 unspecified atom stereocenters. The highest BCUT2D eigenvalue weighted by Gasteiger charge is 2.14. The van der Waals surface area contributed by atoms with Crippen LogP contribution in [-0.2, 0) is 6.42 Å². The van der Waals surface area contributed by atoms with Gasteiger partial charge >= 0.3 is 0 Å². The topological polar surface area (TPSA) is 69.3 Å². The molecular weight excluding hydrogens is 228 g/mol. The number of nitrogens with zero attached hydrogens (tertiary/aromatic N) is 3. The normalized spacial score (nSPS) is 13.0. The maximum absolute atomic E-state index is 6.12. The van der Waals surface area contributed by atoms with E-state index in [0.29, 0.717) is 18.1 Å². The first-order chi connectivity index (χ1) is 8.74. The fourth-order valence-corrected chi connectivity index (χ4v) is 2.01. The van der Waals surface area contributed by atoms with Gasteiger partial charge in [0.25, 0.3) is 0 Å². The average Bonchev–Trinajstić information content (AvgIpc) is 2.97. The van der Waals surface area contributed by atoms with Crippen LogP contribution in [0.3, 0.4) is 0 Å². The predicted octanol–water partition coefficient (Wildman–Crippen LogP) is 1.87. The molecule has 5 nitrogen and oxygen atoms in total. The molecule has 0 radical (unpaired) electrons. The number of fused-ring (bicyclic) bond motifs is 1. The monoisotopic (exact) mass is 242 g/mol. The smallest absolute Gasteiger partial charge is 0.191 e. The van der Waals surface area contributed by atoms with Crippen molar-refractivity contribution in [3.63, 3.8) is 0 Å². The number of hydrogen-bond acceptors (Lipinski definition) is 4. The number of rotatable bonds is 3. The number of oxazole rings is 1. The second-order valence-corrected chi connectivity index (χ2v) is 4.27. The molecule has 0 saturated heterocycles. The molecule has 0 bridgehead atoms. The molecule has 0 saturated carbocycles. The van der Waals surface area contributed by atoms with Crippen LogP contribution in [0.5, 0.6) is 0 Å². The zero-order valence-corrected chi connectivity index (χ0v) is 10.1. The van der Waals surface area contributed by atoms with Crippen molar-refractivity contribution in [3.8, 4) is 0 Å². The number of aryl methyl sites for hydroxylation is 1. The second-order valence-electron chi connectivity index (χ2n) is 4.27. The van der Waals surface area contributed by atoms with Crippen LogP contribution < -0.4 is 5.73 Å². The van der Waals surface area contributed by atoms with Crippen LogP contribution in [0.2, 0.25) is 0 Å². The molecule has 0 amide bonds. The van der Waals surface area contributed by atoms with E-state index >= 15 is 0 Å². The van der Waals surface area contributed by atoms with E-state index in [0.717, 1.165) is 11.3 Å². The Bertz CT molecular complexity index is 670. The maximum atomic E-state index is 6.12. The van der Waals surface area contributed by atoms with E-state index < -0.39 is 0 Å². The third kappa shape index (κ3) is 1.89. The summed E-state index contributed by atoms with van der Waals surface area (Å²) in [5.74, 6) is 1.34. The van der Waals surface area contributed by atoms with Gasteiger partial charge in [0.05, 0.1) is 12.2 Å². The summed E-state index contributed by atoms with van der Waals surface area (Å²) in [5, 5.41) is 0. The zero-order chi connectivity index (χ0) is 12.5. The largest absolute Gasteiger partial charge is 0.444 e. The number of hydrogen-bond donors (Lipinski definition) is 1. The van der Waals surface area contributed by atoms with E-state index in [2.05, 4.69) is 9.97 Å². The molecule has 2 N–H and O–H groups in total. The number of nitrogens with two attached hydrogens (primary N) is 1. The van der Waals surface area contributed by atoms with Crippen molar-refractivity contribution in [1.29, 1.82) is 0 Å². The van der Waals surface area contributed by atoms with Crippen molar-refractivity contribution < 1.29 is 4.42 Å². The number of imidazole rings is 1. The van der Waals surface area contributed by atoms with Gasteiger partial charge in [-0.1, -0.05) is 6.07 Å². The van der Waals surface area contributed by atoms with Crippen molar-refractivity contribution in [2.75, 3.05) is 0 Å². The van der Waals surface area contributed by atoms with Crippen LogP contribution in [0, 0.1) is 6.92 Å². The summed E-state index contributed by atoms with van der Waals surface area (Å²) in [4.78, 5) is 8.39. The van der Waals surface area contributed by atoms with Gasteiger partial charge in [0.15, 0.2) is 5.89 Å². The van der Waals surface area contributed by atoms with Crippen LogP contribution in [-0.4, -0.2) is 14.4 Å². The van der Waals surface area contributed by atoms with Crippen molar-refractivity contribution in [1.82, 2.24) is 14.4 Å². The van der Waals surface area contributed by atoms with Gasteiger partial charge in [-0.25, -0.2) is 9.97 Å². The molecule has 0 fully saturated rings. The lowest BCUT2D eigenvalue weighted by Crippen LogP contribution is -2.13. The maximum Gasteiger partial charge on any atom is 0.191 e. The van der Waals surface area contributed by atoms with E-state index in [1.807, 2.05) is 41.9 Å². The van der Waals surface area contributed by atoms with E-state index in [4.69, 9.17) is 10.2 Å². The van der Waals surface area contributed by atoms with Crippen LogP contribution in [0.4, 0.5) is 0 Å². The van der Waals surface area contributed by atoms with Gasteiger partial charge < -0.3 is 14.6 Å². The van der Waals surface area contributed by atoms with E-state index in [9.17, 15) is 0 Å². The van der Waals surface area contributed by atoms with E-state index in [-0.39, 0.29) is 6.04 Å². The van der Waals surface area contributed by atoms with Gasteiger partial charge in [0, 0.05) is 31.4 Å². The Hall–Kier alpha value is -2.14. The van der Waals surface area contributed by atoms with E-state index in [1.165, 1.54) is 0 Å². The Balaban J connectivity index is 1.88. The standard InChI is InChI=1S/C13H14N4O/c1-9-15-8-12(18-9)11(14)6-10-7-16-13-4-2-3-5-17(10)13/h2-5,7-8,11H,6,14H2,1H3. The molecular formula is C13H14N4O. The third-order valence-electron chi connectivity index (χ3n) is 2.93. The number of aromatic nitrogens is 3. The summed E-state index contributed by atoms with van der Waals surface area (Å²) in [7, 11) is 0. The Labute approximate surface area is 104 Å². The third-order valence-corrected chi connectivity index (χ3v) is 2.93. The highest BCUT2D eigenvalue weighted by atomic mass is 16.4. The molecule has 3 heterocycles. The Morgan fingerprint density at radius 2 is 2.22 bits per heavy atom. The highest BCUT2D eigenvalue weighted by molar-refractivity contribution is 5.40. The summed E-state index contributed by atoms with van der Waals surface area (Å²) in [6.07, 6.45) is 6.18. The first-order valence-electron chi connectivity index (χ1n) is 5.83. The first kappa shape index (κ1) is 11.0. The fourth-order valence-electron chi connectivity index (χ4n) is 2.01. The lowest BCUT2D eigenvalue weighted by Gasteiger charge is -2.07. The van der Waals surface area contributed by atoms with Gasteiger partial charge in [-0.15, -0.1) is 0 Å². The van der Waals surface area contributed by atoms with Crippen molar-refractivity contribution in [3.05, 3.63) is 54.1 Å². The molecule has 3 aromatic heterocycles. The molecule has 3 aromatic rings. The van der Waals surface area contributed by atoms with Crippen LogP contribution in [0.15, 0.2) is 41.2 Å². The molecule has 92 valence electrons. The van der Waals surface area contributed by atoms with Gasteiger partial charge in [-0.05, 0) is 12.1 Å². The molecule has 3 rings (SSSR count).